The van der Waals surface area contributed by atoms with Crippen LogP contribution in [0, 0.1) is 22.7 Å². The Bertz CT molecular complexity index is 6060. The van der Waals surface area contributed by atoms with Crippen molar-refractivity contribution in [2.75, 3.05) is 39.3 Å². The van der Waals surface area contributed by atoms with E-state index >= 15 is 43.2 Å². The topological polar surface area (TPSA) is 656 Å². The Balaban J connectivity index is 0.828. The number of rotatable bonds is 53. The van der Waals surface area contributed by atoms with E-state index in [1.54, 1.807) is 31.0 Å². The maximum Gasteiger partial charge on any atom is 0.246 e. The summed E-state index contributed by atoms with van der Waals surface area (Å²) in [6.07, 6.45) is 11.3. The van der Waals surface area contributed by atoms with Gasteiger partial charge in [0, 0.05) is 144 Å². The molecule has 5 aromatic heterocycles. The van der Waals surface area contributed by atoms with Gasteiger partial charge in [0.25, 0.3) is 0 Å². The summed E-state index contributed by atoms with van der Waals surface area (Å²) in [6, 6.07) is 19.6. The highest BCUT2D eigenvalue weighted by Gasteiger charge is 2.44. The van der Waals surface area contributed by atoms with E-state index in [2.05, 4.69) is 88.7 Å². The number of hydrogen-bond donors (Lipinski definition) is 25. The highest BCUT2D eigenvalue weighted by molar-refractivity contribution is 6.02. The van der Waals surface area contributed by atoms with Crippen LogP contribution in [-0.2, 0) is 94.4 Å². The van der Waals surface area contributed by atoms with Crippen molar-refractivity contribution >= 4 is 143 Å². The van der Waals surface area contributed by atoms with Crippen LogP contribution in [-0.4, -0.2) is 241 Å². The number of carbonyl (C=O) groups is 13. The van der Waals surface area contributed by atoms with Crippen molar-refractivity contribution in [1.29, 1.82) is 10.8 Å². The van der Waals surface area contributed by atoms with Crippen molar-refractivity contribution in [3.63, 3.8) is 0 Å². The van der Waals surface area contributed by atoms with Gasteiger partial charge in [-0.25, -0.2) is 0 Å². The summed E-state index contributed by atoms with van der Waals surface area (Å²) in [5.74, 6) is -10.6. The number of primary amides is 1. The van der Waals surface area contributed by atoms with E-state index in [0.29, 0.717) is 98.1 Å². The molecular formula is C101H137N27O13. The molecule has 0 unspecified atom stereocenters. The average Bonchev–Trinajstić information content (AvgIpc) is 1.69. The van der Waals surface area contributed by atoms with Crippen LogP contribution in [0.15, 0.2) is 152 Å². The van der Waals surface area contributed by atoms with Crippen LogP contribution in [0.5, 0.6) is 0 Å². The summed E-state index contributed by atoms with van der Waals surface area (Å²) < 4.78 is 0. The first-order valence-corrected chi connectivity index (χ1v) is 48.9. The summed E-state index contributed by atoms with van der Waals surface area (Å²) in [6.45, 7) is 8.48. The summed E-state index contributed by atoms with van der Waals surface area (Å²) in [7, 11) is 0. The fourth-order valence-electron chi connectivity index (χ4n) is 18.7. The molecule has 0 radical (unpaired) electrons. The number of nitrogens with zero attached hydrogens (tertiary/aromatic N) is 2. The maximum absolute atomic E-state index is 16.1. The molecule has 0 spiro atoms. The van der Waals surface area contributed by atoms with Crippen LogP contribution in [0.2, 0.25) is 0 Å². The number of fused-ring (bicyclic) bond motifs is 5. The summed E-state index contributed by atoms with van der Waals surface area (Å²) in [5, 5.41) is 53.4. The van der Waals surface area contributed by atoms with Gasteiger partial charge in [-0.2, -0.15) is 0 Å². The van der Waals surface area contributed by atoms with E-state index in [1.807, 2.05) is 149 Å². The zero-order chi connectivity index (χ0) is 101. The minimum Gasteiger partial charge on any atom is -0.370 e. The standard InChI is InChI=1S/C101H137N27O13/c1-5-58(4)86(104)97(139)126-82(46-57(2)3)98(140)127-44-22-38-84(127)95(137)123-80(49-61-54-114-71-31-13-8-26-66(61)71)92(134)119-76(35-17-19-41-103)89(131)121-78(47-59-52-112-69-29-11-6-24-64(59)69)91(133)118-75(34-16-18-40-102)90(132)122-79(48-60-53-113-70-30-12-7-25-65(60)70)94(136)125-83(51-63-56-116-73-33-15-10-28-68(63)73)99(141)128-45-23-39-85(128)96(138)124-81(50-62-55-115-72-32-14-9-27-67(62)72)93(135)120-77(37-21-43-111-101(108)109)88(130)117-74(87(105)129)36-20-42-110-100(106)107/h6-15,24-33,52-58,74-86,112-116H,5,16-23,34-51,102-104H2,1-4H3,(H2,105,129)(H,117,130)(H,118,133)(H,119,134)(H,120,135)(H,121,131)(H,122,132)(H,123,137)(H,124,138)(H,125,136)(H,126,139)(H4,106,107,110)(H4,108,109,111)/t58-,74-,75-,76-,77-,78-,79-,80-,81-,82-,83-,84-,85-,86-/m0/s1. The third kappa shape index (κ3) is 28.3. The highest BCUT2D eigenvalue weighted by atomic mass is 16.2. The molecule has 40 nitrogen and oxygen atoms in total. The molecule has 141 heavy (non-hydrogen) atoms. The molecule has 12 rings (SSSR count). The molecule has 0 saturated carbocycles. The van der Waals surface area contributed by atoms with E-state index in [0.717, 1.165) is 16.3 Å². The number of guanidine groups is 2. The van der Waals surface area contributed by atoms with Crippen molar-refractivity contribution in [3.05, 3.63) is 180 Å². The van der Waals surface area contributed by atoms with E-state index in [9.17, 15) is 19.2 Å². The predicted molar refractivity (Wildman–Crippen MR) is 539 cm³/mol. The number of aromatic nitrogens is 5. The lowest BCUT2D eigenvalue weighted by atomic mass is 9.97. The zero-order valence-electron chi connectivity index (χ0n) is 80.4. The van der Waals surface area contributed by atoms with Crippen LogP contribution in [0.4, 0.5) is 0 Å². The van der Waals surface area contributed by atoms with E-state index in [4.69, 9.17) is 45.2 Å². The molecule has 14 atom stereocenters. The fraction of sp³-hybridized carbons (Fsp3) is 0.455. The van der Waals surface area contributed by atoms with Gasteiger partial charge in [-0.1, -0.05) is 125 Å². The van der Waals surface area contributed by atoms with Crippen molar-refractivity contribution in [3.8, 4) is 0 Å². The molecule has 2 saturated heterocycles. The Labute approximate surface area is 817 Å². The minimum atomic E-state index is -1.54. The number of para-hydroxylation sites is 5. The fourth-order valence-corrected chi connectivity index (χ4v) is 18.7. The Morgan fingerprint density at radius 2 is 0.638 bits per heavy atom. The van der Waals surface area contributed by atoms with Gasteiger partial charge in [-0.15, -0.1) is 0 Å². The Kier molecular flexibility index (Phi) is 37.9. The van der Waals surface area contributed by atoms with Gasteiger partial charge in [-0.05, 0) is 179 Å². The predicted octanol–water partition coefficient (Wildman–Crippen LogP) is 3.13. The minimum absolute atomic E-state index is 0.00147. The lowest BCUT2D eigenvalue weighted by Crippen LogP contribution is -2.61. The molecule has 2 fully saturated rings. The van der Waals surface area contributed by atoms with Gasteiger partial charge in [0.1, 0.15) is 72.5 Å². The number of H-pyrrole nitrogens is 5. The molecule has 10 aromatic rings. The van der Waals surface area contributed by atoms with Gasteiger partial charge in [-0.3, -0.25) is 73.1 Å². The molecular weight excluding hydrogens is 1800 g/mol. The lowest BCUT2D eigenvalue weighted by molar-refractivity contribution is -0.142. The average molecular weight is 1940 g/mol. The molecule has 0 bridgehead atoms. The van der Waals surface area contributed by atoms with Crippen molar-refractivity contribution < 1.29 is 62.3 Å². The van der Waals surface area contributed by atoms with Gasteiger partial charge >= 0.3 is 0 Å². The van der Waals surface area contributed by atoms with Crippen molar-refractivity contribution in [2.45, 2.75) is 241 Å². The first kappa shape index (κ1) is 105. The number of nitrogens with two attached hydrogens (primary N) is 6. The van der Waals surface area contributed by atoms with E-state index in [-0.39, 0.29) is 166 Å². The van der Waals surface area contributed by atoms with Gasteiger partial charge in [0.15, 0.2) is 11.9 Å². The van der Waals surface area contributed by atoms with E-state index in [1.165, 1.54) is 9.80 Å². The first-order chi connectivity index (χ1) is 67.9. The molecule has 31 N–H and O–H groups in total. The third-order valence-corrected chi connectivity index (χ3v) is 26.6. The molecule has 7 heterocycles. The Morgan fingerprint density at radius 1 is 0.362 bits per heavy atom. The Hall–Kier alpha value is -14.7. The number of benzene rings is 5. The second-order valence-corrected chi connectivity index (χ2v) is 37.3. The molecule has 5 aromatic carbocycles. The van der Waals surface area contributed by atoms with Crippen molar-refractivity contribution in [1.82, 2.24) is 98.5 Å². The van der Waals surface area contributed by atoms with Crippen LogP contribution in [0.3, 0.4) is 0 Å². The number of unbranched alkanes of at least 4 members (excludes halogenated alkanes) is 2. The third-order valence-electron chi connectivity index (χ3n) is 26.6. The quantitative estimate of drug-likeness (QED) is 0.0148. The summed E-state index contributed by atoms with van der Waals surface area (Å²) in [4.78, 5) is 216. The number of carbonyl (C=O) groups excluding carboxylic acids is 13. The van der Waals surface area contributed by atoms with Crippen LogP contribution in [0.1, 0.15) is 158 Å². The van der Waals surface area contributed by atoms with Crippen LogP contribution >= 0.6 is 0 Å². The van der Waals surface area contributed by atoms with Crippen LogP contribution < -0.4 is 98.2 Å². The Morgan fingerprint density at radius 3 is 0.957 bits per heavy atom. The molecule has 13 amide bonds. The number of hydrogen-bond acceptors (Lipinski definition) is 18. The largest absolute Gasteiger partial charge is 0.370 e. The number of likely N-dealkylation sites (tertiary alicyclic amines) is 2. The molecule has 40 heteroatoms. The maximum atomic E-state index is 16.1. The summed E-state index contributed by atoms with van der Waals surface area (Å²) in [5.41, 5.74) is 42.1. The number of amides is 13. The number of aromatic amines is 5. The van der Waals surface area contributed by atoms with Gasteiger partial charge < -0.3 is 133 Å². The highest BCUT2D eigenvalue weighted by Crippen LogP contribution is 2.30. The monoisotopic (exact) mass is 1940 g/mol. The molecule has 0 aliphatic carbocycles. The summed E-state index contributed by atoms with van der Waals surface area (Å²) >= 11 is 0. The molecule has 754 valence electrons. The normalized spacial score (nSPS) is 16.3. The molecule has 2 aliphatic heterocycles. The van der Waals surface area contributed by atoms with Gasteiger partial charge in [0.2, 0.25) is 76.8 Å². The SMILES string of the molecule is CC[C@H](C)[C@H](N)C(=O)N[C@@H](CC(C)C)C(=O)N1CCC[C@H]1C(=O)N[C@@H](Cc1c[nH]c2ccccc12)C(=O)N[C@@H](CCCCN)C(=O)N[C@@H](Cc1c[nH]c2ccccc12)C(=O)N[C@@H](CCCCN)C(=O)N[C@@H](Cc1c[nH]c2ccccc12)C(=O)N[C@@H](Cc1c[nH]c2ccccc12)C(=O)N1CCC[C@H]1C(=O)N[C@@H](Cc1c[nH]c2ccccc12)C(=O)N[C@@H](CCCNC(=N)N)C(=O)N[C@@H](CCCNC(=N)N)C(N)=O. The first-order valence-electron chi connectivity index (χ1n) is 48.9. The van der Waals surface area contributed by atoms with Crippen LogP contribution in [0.25, 0.3) is 54.5 Å². The van der Waals surface area contributed by atoms with Gasteiger partial charge in [0.05, 0.1) is 6.04 Å². The second-order valence-electron chi connectivity index (χ2n) is 37.3. The smallest absolute Gasteiger partial charge is 0.246 e. The zero-order valence-corrected chi connectivity index (χ0v) is 80.4. The molecule has 2 aliphatic rings. The second kappa shape index (κ2) is 50.8. The van der Waals surface area contributed by atoms with E-state index < -0.39 is 155 Å². The van der Waals surface area contributed by atoms with Crippen molar-refractivity contribution in [2.24, 2.45) is 46.2 Å². The lowest BCUT2D eigenvalue weighted by Gasteiger charge is -2.31. The number of nitrogens with one attached hydrogen (secondary N) is 19.